The van der Waals surface area contributed by atoms with Crippen molar-refractivity contribution in [1.82, 2.24) is 9.88 Å². The van der Waals surface area contributed by atoms with Crippen LogP contribution in [0.1, 0.15) is 73.6 Å². The van der Waals surface area contributed by atoms with Crippen molar-refractivity contribution in [2.45, 2.75) is 77.3 Å². The van der Waals surface area contributed by atoms with Crippen LogP contribution in [-0.4, -0.2) is 53.4 Å². The number of rotatable bonds is 8. The summed E-state index contributed by atoms with van der Waals surface area (Å²) in [6.45, 7) is 6.43. The third kappa shape index (κ3) is 6.41. The van der Waals surface area contributed by atoms with Crippen molar-refractivity contribution in [3.63, 3.8) is 0 Å². The number of nitrogens with zero attached hydrogens (tertiary/aromatic N) is 4. The number of para-hydroxylation sites is 1. The third-order valence-electron chi connectivity index (χ3n) is 8.24. The molecule has 1 aliphatic carbocycles. The molecule has 206 valence electrons. The molecule has 7 nitrogen and oxygen atoms in total. The molecule has 0 N–H and O–H groups in total. The second-order valence-electron chi connectivity index (χ2n) is 11.0. The molecule has 1 saturated heterocycles. The van der Waals surface area contributed by atoms with Gasteiger partial charge in [0.1, 0.15) is 5.82 Å². The predicted octanol–water partition coefficient (Wildman–Crippen LogP) is 6.02. The van der Waals surface area contributed by atoms with Gasteiger partial charge in [0.2, 0.25) is 5.91 Å². The quantitative estimate of drug-likeness (QED) is 0.357. The summed E-state index contributed by atoms with van der Waals surface area (Å²) in [5, 5.41) is 0. The number of pyridine rings is 1. The number of carbonyl (C=O) groups is 2. The van der Waals surface area contributed by atoms with Crippen molar-refractivity contribution in [2.75, 3.05) is 29.4 Å². The second kappa shape index (κ2) is 12.6. The van der Waals surface area contributed by atoms with Crippen molar-refractivity contribution >= 4 is 23.3 Å². The molecule has 0 bridgehead atoms. The maximum atomic E-state index is 13.4. The van der Waals surface area contributed by atoms with E-state index in [4.69, 9.17) is 4.42 Å². The first-order chi connectivity index (χ1) is 19.0. The van der Waals surface area contributed by atoms with Gasteiger partial charge in [-0.15, -0.1) is 0 Å². The Morgan fingerprint density at radius 1 is 0.923 bits per heavy atom. The van der Waals surface area contributed by atoms with Crippen molar-refractivity contribution in [1.29, 1.82) is 0 Å². The van der Waals surface area contributed by atoms with Gasteiger partial charge in [-0.25, -0.2) is 4.98 Å². The highest BCUT2D eigenvalue weighted by molar-refractivity contribution is 6.04. The second-order valence-corrected chi connectivity index (χ2v) is 11.0. The molecule has 0 unspecified atom stereocenters. The lowest BCUT2D eigenvalue weighted by Gasteiger charge is -2.38. The maximum absolute atomic E-state index is 13.4. The molecule has 2 aromatic heterocycles. The van der Waals surface area contributed by atoms with Crippen LogP contribution >= 0.6 is 0 Å². The van der Waals surface area contributed by atoms with Crippen LogP contribution in [0.25, 0.3) is 0 Å². The zero-order chi connectivity index (χ0) is 27.2. The Kier molecular flexibility index (Phi) is 8.77. The molecule has 1 aliphatic heterocycles. The van der Waals surface area contributed by atoms with E-state index in [-0.39, 0.29) is 17.9 Å². The number of aromatic nitrogens is 1. The van der Waals surface area contributed by atoms with E-state index in [0.717, 1.165) is 63.0 Å². The van der Waals surface area contributed by atoms with Crippen LogP contribution < -0.4 is 9.80 Å². The number of benzene rings is 1. The molecule has 1 aromatic carbocycles. The first-order valence-corrected chi connectivity index (χ1v) is 14.4. The van der Waals surface area contributed by atoms with Gasteiger partial charge in [-0.2, -0.15) is 0 Å². The molecule has 7 heteroatoms. The van der Waals surface area contributed by atoms with Gasteiger partial charge in [-0.1, -0.05) is 43.5 Å². The molecule has 3 aromatic rings. The number of anilines is 2. The fraction of sp³-hybridized carbons (Fsp3) is 0.469. The standard InChI is InChI=1S/C32H40N4O3/c1-24-14-15-31(33-23-24)36(32(38)30-13-8-22-39-30)28-17-20-34(21-18-28)19-16-26-9-6-7-12-29(26)35(25(2)37)27-10-4-3-5-11-27/h6-9,12-15,22-23,27-28H,3-5,10-11,16-21H2,1-2H3. The minimum atomic E-state index is -0.143. The summed E-state index contributed by atoms with van der Waals surface area (Å²) >= 11 is 0. The summed E-state index contributed by atoms with van der Waals surface area (Å²) in [5.74, 6) is 1.00. The average molecular weight is 529 g/mol. The minimum Gasteiger partial charge on any atom is -0.459 e. The van der Waals surface area contributed by atoms with Crippen LogP contribution in [0.3, 0.4) is 0 Å². The maximum Gasteiger partial charge on any atom is 0.295 e. The molecular weight excluding hydrogens is 488 g/mol. The summed E-state index contributed by atoms with van der Waals surface area (Å²) in [7, 11) is 0. The van der Waals surface area contributed by atoms with E-state index >= 15 is 0 Å². The summed E-state index contributed by atoms with van der Waals surface area (Å²) in [5.41, 5.74) is 3.37. The Morgan fingerprint density at radius 2 is 1.67 bits per heavy atom. The average Bonchev–Trinajstić information content (AvgIpc) is 3.50. The Bertz CT molecular complexity index is 1230. The lowest BCUT2D eigenvalue weighted by atomic mass is 9.93. The molecule has 0 spiro atoms. The number of amides is 2. The largest absolute Gasteiger partial charge is 0.459 e. The van der Waals surface area contributed by atoms with Crippen molar-refractivity contribution in [2.24, 2.45) is 0 Å². The predicted molar refractivity (Wildman–Crippen MR) is 154 cm³/mol. The topological polar surface area (TPSA) is 69.9 Å². The van der Waals surface area contributed by atoms with E-state index in [9.17, 15) is 9.59 Å². The van der Waals surface area contributed by atoms with Gasteiger partial charge >= 0.3 is 0 Å². The van der Waals surface area contributed by atoms with Crippen LogP contribution in [-0.2, 0) is 11.2 Å². The number of hydrogen-bond donors (Lipinski definition) is 0. The highest BCUT2D eigenvalue weighted by Gasteiger charge is 2.32. The molecule has 2 fully saturated rings. The number of aryl methyl sites for hydroxylation is 1. The molecular formula is C32H40N4O3. The fourth-order valence-electron chi connectivity index (χ4n) is 6.18. The van der Waals surface area contributed by atoms with Crippen LogP contribution in [0.15, 0.2) is 65.4 Å². The molecule has 2 aliphatic rings. The molecule has 0 atom stereocenters. The minimum absolute atomic E-state index is 0.0563. The van der Waals surface area contributed by atoms with Gasteiger partial charge in [0.05, 0.1) is 6.26 Å². The van der Waals surface area contributed by atoms with Gasteiger partial charge < -0.3 is 14.2 Å². The van der Waals surface area contributed by atoms with Gasteiger partial charge in [0.25, 0.3) is 5.91 Å². The van der Waals surface area contributed by atoms with Gasteiger partial charge in [0.15, 0.2) is 5.76 Å². The number of furan rings is 1. The monoisotopic (exact) mass is 528 g/mol. The van der Waals surface area contributed by atoms with E-state index < -0.39 is 0 Å². The Balaban J connectivity index is 1.24. The molecule has 1 saturated carbocycles. The van der Waals surface area contributed by atoms with Crippen LogP contribution in [0.4, 0.5) is 11.5 Å². The summed E-state index contributed by atoms with van der Waals surface area (Å²) in [6, 6.07) is 16.2. The molecule has 0 radical (unpaired) electrons. The highest BCUT2D eigenvalue weighted by atomic mass is 16.3. The van der Waals surface area contributed by atoms with Gasteiger partial charge in [0, 0.05) is 50.5 Å². The molecule has 5 rings (SSSR count). The SMILES string of the molecule is CC(=O)N(c1ccccc1CCN1CCC(N(C(=O)c2ccco2)c2ccc(C)cn2)CC1)C1CCCCC1. The normalized spacial score (nSPS) is 17.2. The van der Waals surface area contributed by atoms with E-state index in [1.807, 2.05) is 36.2 Å². The van der Waals surface area contributed by atoms with Crippen LogP contribution in [0, 0.1) is 6.92 Å². The smallest absolute Gasteiger partial charge is 0.295 e. The number of carbonyl (C=O) groups excluding carboxylic acids is 2. The van der Waals surface area contributed by atoms with Gasteiger partial charge in [-0.3, -0.25) is 14.5 Å². The van der Waals surface area contributed by atoms with E-state index in [1.54, 1.807) is 19.1 Å². The fourth-order valence-corrected chi connectivity index (χ4v) is 6.18. The highest BCUT2D eigenvalue weighted by Crippen LogP contribution is 2.31. The Labute approximate surface area is 231 Å². The van der Waals surface area contributed by atoms with Crippen LogP contribution in [0.2, 0.25) is 0 Å². The Morgan fingerprint density at radius 3 is 2.33 bits per heavy atom. The van der Waals surface area contributed by atoms with Crippen LogP contribution in [0.5, 0.6) is 0 Å². The van der Waals surface area contributed by atoms with Gasteiger partial charge in [-0.05, 0) is 74.4 Å². The Hall–Kier alpha value is -3.45. The lowest BCUT2D eigenvalue weighted by molar-refractivity contribution is -0.117. The number of likely N-dealkylation sites (tertiary alicyclic amines) is 1. The molecule has 39 heavy (non-hydrogen) atoms. The summed E-state index contributed by atoms with van der Waals surface area (Å²) < 4.78 is 5.45. The first kappa shape index (κ1) is 27.1. The zero-order valence-electron chi connectivity index (χ0n) is 23.2. The lowest BCUT2D eigenvalue weighted by Crippen LogP contribution is -2.48. The number of piperidine rings is 1. The van der Waals surface area contributed by atoms with E-state index in [2.05, 4.69) is 33.0 Å². The van der Waals surface area contributed by atoms with Crippen molar-refractivity contribution < 1.29 is 14.0 Å². The molecule has 2 amide bonds. The van der Waals surface area contributed by atoms with Crippen molar-refractivity contribution in [3.05, 3.63) is 77.9 Å². The van der Waals surface area contributed by atoms with Crippen molar-refractivity contribution in [3.8, 4) is 0 Å². The summed E-state index contributed by atoms with van der Waals surface area (Å²) in [6.07, 6.45) is 11.8. The molecule has 3 heterocycles. The summed E-state index contributed by atoms with van der Waals surface area (Å²) in [4.78, 5) is 37.1. The number of hydrogen-bond acceptors (Lipinski definition) is 5. The van der Waals surface area contributed by atoms with E-state index in [1.165, 1.54) is 31.1 Å². The first-order valence-electron chi connectivity index (χ1n) is 14.4. The van der Waals surface area contributed by atoms with E-state index in [0.29, 0.717) is 17.6 Å². The third-order valence-corrected chi connectivity index (χ3v) is 8.24. The zero-order valence-corrected chi connectivity index (χ0v) is 23.2.